The van der Waals surface area contributed by atoms with E-state index < -0.39 is 0 Å². The number of likely N-dealkylation sites (N-methyl/N-ethyl adjacent to an activating group) is 1. The Morgan fingerprint density at radius 3 is 2.43 bits per heavy atom. The van der Waals surface area contributed by atoms with Crippen LogP contribution in [0.25, 0.3) is 0 Å². The van der Waals surface area contributed by atoms with Crippen LogP contribution in [0.2, 0.25) is 0 Å². The Hall–Kier alpha value is -1.55. The van der Waals surface area contributed by atoms with Gasteiger partial charge < -0.3 is 9.64 Å². The van der Waals surface area contributed by atoms with Crippen LogP contribution in [0, 0.1) is 0 Å². The highest BCUT2D eigenvalue weighted by Crippen LogP contribution is 2.28. The zero-order chi connectivity index (χ0) is 15.2. The molecule has 4 nitrogen and oxygen atoms in total. The van der Waals surface area contributed by atoms with Crippen molar-refractivity contribution in [1.82, 2.24) is 10.2 Å². The van der Waals surface area contributed by atoms with Crippen LogP contribution in [0.15, 0.2) is 24.3 Å². The van der Waals surface area contributed by atoms with E-state index in [0.717, 1.165) is 43.7 Å². The van der Waals surface area contributed by atoms with Crippen molar-refractivity contribution < 1.29 is 9.53 Å². The quantitative estimate of drug-likeness (QED) is 0.839. The van der Waals surface area contributed by atoms with Gasteiger partial charge in [0.25, 0.3) is 0 Å². The summed E-state index contributed by atoms with van der Waals surface area (Å²) in [6, 6.07) is 8.02. The molecule has 1 N–H and O–H groups in total. The first-order valence-corrected chi connectivity index (χ1v) is 8.00. The predicted molar refractivity (Wildman–Crippen MR) is 84.2 cm³/mol. The third-order valence-corrected chi connectivity index (χ3v) is 3.84. The summed E-state index contributed by atoms with van der Waals surface area (Å²) in [6.07, 6.45) is 2.89. The second kappa shape index (κ2) is 7.46. The molecule has 0 bridgehead atoms. The van der Waals surface area contributed by atoms with Crippen molar-refractivity contribution >= 4 is 5.91 Å². The van der Waals surface area contributed by atoms with E-state index in [4.69, 9.17) is 4.74 Å². The standard InChI is InChI=1S/C17H26N2O2/c1-4-7-15-17(20)19(6-3)16(18-15)13-8-10-14(11-9-13)21-12-5-2/h8-11,15-16,18H,4-7,12H2,1-3H3. The van der Waals surface area contributed by atoms with Crippen molar-refractivity contribution in [2.45, 2.75) is 52.2 Å². The lowest BCUT2D eigenvalue weighted by atomic mass is 10.1. The predicted octanol–water partition coefficient (Wildman–Crippen LogP) is 3.09. The lowest BCUT2D eigenvalue weighted by Gasteiger charge is -2.23. The molecule has 1 heterocycles. The summed E-state index contributed by atoms with van der Waals surface area (Å²) >= 11 is 0. The van der Waals surface area contributed by atoms with Gasteiger partial charge in [-0.05, 0) is 37.5 Å². The van der Waals surface area contributed by atoms with Gasteiger partial charge in [0, 0.05) is 6.54 Å². The maximum absolute atomic E-state index is 12.4. The molecule has 21 heavy (non-hydrogen) atoms. The van der Waals surface area contributed by atoms with Gasteiger partial charge in [-0.1, -0.05) is 32.4 Å². The second-order valence-corrected chi connectivity index (χ2v) is 5.45. The number of amides is 1. The highest BCUT2D eigenvalue weighted by Gasteiger charge is 2.37. The molecule has 0 spiro atoms. The monoisotopic (exact) mass is 290 g/mol. The van der Waals surface area contributed by atoms with Crippen molar-refractivity contribution in [2.75, 3.05) is 13.2 Å². The summed E-state index contributed by atoms with van der Waals surface area (Å²) in [4.78, 5) is 14.3. The molecule has 2 atom stereocenters. The number of carbonyl (C=O) groups is 1. The number of hydrogen-bond donors (Lipinski definition) is 1. The Balaban J connectivity index is 2.10. The molecule has 0 saturated carbocycles. The lowest BCUT2D eigenvalue weighted by Crippen LogP contribution is -2.30. The Morgan fingerprint density at radius 2 is 1.86 bits per heavy atom. The van der Waals surface area contributed by atoms with Crippen molar-refractivity contribution in [3.8, 4) is 5.75 Å². The fourth-order valence-corrected chi connectivity index (χ4v) is 2.76. The molecular formula is C17H26N2O2. The largest absolute Gasteiger partial charge is 0.494 e. The molecule has 1 amide bonds. The van der Waals surface area contributed by atoms with Crippen LogP contribution in [-0.4, -0.2) is 30.0 Å². The fraction of sp³-hybridized carbons (Fsp3) is 0.588. The van der Waals surface area contributed by atoms with E-state index in [1.54, 1.807) is 0 Å². The second-order valence-electron chi connectivity index (χ2n) is 5.45. The Labute approximate surface area is 127 Å². The van der Waals surface area contributed by atoms with E-state index in [9.17, 15) is 4.79 Å². The number of ether oxygens (including phenoxy) is 1. The molecule has 2 unspecified atom stereocenters. The van der Waals surface area contributed by atoms with Gasteiger partial charge in [-0.25, -0.2) is 0 Å². The first kappa shape index (κ1) is 15.8. The van der Waals surface area contributed by atoms with Gasteiger partial charge >= 0.3 is 0 Å². The number of rotatable bonds is 7. The van der Waals surface area contributed by atoms with Crippen LogP contribution >= 0.6 is 0 Å². The third kappa shape index (κ3) is 3.56. The molecular weight excluding hydrogens is 264 g/mol. The molecule has 0 radical (unpaired) electrons. The number of nitrogens with zero attached hydrogens (tertiary/aromatic N) is 1. The smallest absolute Gasteiger partial charge is 0.241 e. The Kier molecular flexibility index (Phi) is 5.62. The van der Waals surface area contributed by atoms with Crippen LogP contribution in [0.4, 0.5) is 0 Å². The first-order chi connectivity index (χ1) is 10.2. The number of hydrogen-bond acceptors (Lipinski definition) is 3. The highest BCUT2D eigenvalue weighted by molar-refractivity contribution is 5.84. The molecule has 4 heteroatoms. The van der Waals surface area contributed by atoms with Crippen molar-refractivity contribution in [3.05, 3.63) is 29.8 Å². The number of carbonyl (C=O) groups excluding carboxylic acids is 1. The van der Waals surface area contributed by atoms with E-state index in [1.165, 1.54) is 0 Å². The molecule has 0 aliphatic carbocycles. The molecule has 1 fully saturated rings. The average Bonchev–Trinajstić information content (AvgIpc) is 2.82. The van der Waals surface area contributed by atoms with Crippen LogP contribution in [0.3, 0.4) is 0 Å². The number of benzene rings is 1. The molecule has 1 aliphatic heterocycles. The van der Waals surface area contributed by atoms with Gasteiger partial charge in [-0.2, -0.15) is 0 Å². The minimum Gasteiger partial charge on any atom is -0.494 e. The molecule has 0 aromatic heterocycles. The van der Waals surface area contributed by atoms with E-state index >= 15 is 0 Å². The molecule has 1 saturated heterocycles. The zero-order valence-corrected chi connectivity index (χ0v) is 13.3. The zero-order valence-electron chi connectivity index (χ0n) is 13.3. The van der Waals surface area contributed by atoms with E-state index in [2.05, 4.69) is 19.2 Å². The summed E-state index contributed by atoms with van der Waals surface area (Å²) < 4.78 is 5.61. The van der Waals surface area contributed by atoms with Crippen molar-refractivity contribution in [3.63, 3.8) is 0 Å². The van der Waals surface area contributed by atoms with Gasteiger partial charge in [-0.3, -0.25) is 10.1 Å². The maximum Gasteiger partial charge on any atom is 0.241 e. The summed E-state index contributed by atoms with van der Waals surface area (Å²) in [5.41, 5.74) is 1.12. The van der Waals surface area contributed by atoms with Gasteiger partial charge in [-0.15, -0.1) is 0 Å². The SMILES string of the molecule is CCCOc1ccc(C2NC(CCC)C(=O)N2CC)cc1. The van der Waals surface area contributed by atoms with Gasteiger partial charge in [0.1, 0.15) is 11.9 Å². The first-order valence-electron chi connectivity index (χ1n) is 8.00. The molecule has 2 rings (SSSR count). The van der Waals surface area contributed by atoms with Crippen LogP contribution in [-0.2, 0) is 4.79 Å². The minimum absolute atomic E-state index is 0.0146. The molecule has 1 aromatic carbocycles. The highest BCUT2D eigenvalue weighted by atomic mass is 16.5. The van der Waals surface area contributed by atoms with Crippen LogP contribution in [0.5, 0.6) is 5.75 Å². The van der Waals surface area contributed by atoms with Gasteiger partial charge in [0.05, 0.1) is 12.6 Å². The topological polar surface area (TPSA) is 41.6 Å². The fourth-order valence-electron chi connectivity index (χ4n) is 2.76. The molecule has 116 valence electrons. The van der Waals surface area contributed by atoms with Crippen molar-refractivity contribution in [1.29, 1.82) is 0 Å². The number of nitrogens with one attached hydrogen (secondary N) is 1. The van der Waals surface area contributed by atoms with E-state index in [-0.39, 0.29) is 18.1 Å². The van der Waals surface area contributed by atoms with E-state index in [1.807, 2.05) is 36.1 Å². The third-order valence-electron chi connectivity index (χ3n) is 3.84. The lowest BCUT2D eigenvalue weighted by molar-refractivity contribution is -0.130. The molecule has 1 aromatic rings. The Morgan fingerprint density at radius 1 is 1.14 bits per heavy atom. The summed E-state index contributed by atoms with van der Waals surface area (Å²) in [7, 11) is 0. The van der Waals surface area contributed by atoms with Gasteiger partial charge in [0.2, 0.25) is 5.91 Å². The minimum atomic E-state index is -0.0454. The van der Waals surface area contributed by atoms with Crippen LogP contribution < -0.4 is 10.1 Å². The van der Waals surface area contributed by atoms with Crippen LogP contribution in [0.1, 0.15) is 51.8 Å². The normalized spacial score (nSPS) is 21.9. The van der Waals surface area contributed by atoms with E-state index in [0.29, 0.717) is 0 Å². The molecule has 1 aliphatic rings. The maximum atomic E-state index is 12.4. The van der Waals surface area contributed by atoms with Crippen molar-refractivity contribution in [2.24, 2.45) is 0 Å². The summed E-state index contributed by atoms with van der Waals surface area (Å²) in [6.45, 7) is 7.69. The summed E-state index contributed by atoms with van der Waals surface area (Å²) in [5.74, 6) is 1.11. The Bertz CT molecular complexity index is 458. The summed E-state index contributed by atoms with van der Waals surface area (Å²) in [5, 5.41) is 3.46. The van der Waals surface area contributed by atoms with Gasteiger partial charge in [0.15, 0.2) is 0 Å². The average molecular weight is 290 g/mol.